The number of piperidine rings is 1. The van der Waals surface area contributed by atoms with E-state index in [4.69, 9.17) is 5.73 Å². The van der Waals surface area contributed by atoms with Gasteiger partial charge in [-0.2, -0.15) is 0 Å². The van der Waals surface area contributed by atoms with Gasteiger partial charge in [0.25, 0.3) is 5.91 Å². The first-order chi connectivity index (χ1) is 14.1. The Labute approximate surface area is 169 Å². The fraction of sp³-hybridized carbons (Fsp3) is 0.348. The topological polar surface area (TPSA) is 74.2 Å². The average molecular weight is 392 g/mol. The molecule has 1 aromatic heterocycles. The standard InChI is InChI=1S/C23H25FN4O/c24-16-10-19-21-18(7-8-26-23(19)29)22(27-20(21)11-16)15-5-3-14(4-6-15)12-28-9-1-2-17(25)13-28/h3-6,10-11,17,27H,1-2,7-9,12-13,25H2,(H,26,29). The summed E-state index contributed by atoms with van der Waals surface area (Å²) in [6.07, 6.45) is 2.98. The summed E-state index contributed by atoms with van der Waals surface area (Å²) >= 11 is 0. The number of carbonyl (C=O) groups is 1. The highest BCUT2D eigenvalue weighted by Gasteiger charge is 2.23. The third-order valence-corrected chi connectivity index (χ3v) is 6.06. The fourth-order valence-electron chi connectivity index (χ4n) is 4.71. The van der Waals surface area contributed by atoms with Gasteiger partial charge >= 0.3 is 0 Å². The molecule has 0 spiro atoms. The number of nitrogens with two attached hydrogens (primary N) is 1. The van der Waals surface area contributed by atoms with Gasteiger partial charge in [-0.25, -0.2) is 4.39 Å². The summed E-state index contributed by atoms with van der Waals surface area (Å²) in [4.78, 5) is 18.1. The maximum absolute atomic E-state index is 14.0. The SMILES string of the molecule is NC1CCCN(Cc2ccc(-c3[nH]c4cc(F)cc5c4c3CCNC5=O)cc2)C1. The van der Waals surface area contributed by atoms with Crippen molar-refractivity contribution in [1.82, 2.24) is 15.2 Å². The Morgan fingerprint density at radius 1 is 1.21 bits per heavy atom. The van der Waals surface area contributed by atoms with E-state index in [1.807, 2.05) is 0 Å². The molecule has 5 nitrogen and oxygen atoms in total. The van der Waals surface area contributed by atoms with Crippen molar-refractivity contribution in [3.63, 3.8) is 0 Å². The van der Waals surface area contributed by atoms with Gasteiger partial charge < -0.3 is 16.0 Å². The first kappa shape index (κ1) is 18.3. The normalized spacial score (nSPS) is 19.9. The number of nitrogens with zero attached hydrogens (tertiary/aromatic N) is 1. The summed E-state index contributed by atoms with van der Waals surface area (Å²) in [6.45, 7) is 3.49. The van der Waals surface area contributed by atoms with E-state index in [1.165, 1.54) is 17.7 Å². The van der Waals surface area contributed by atoms with E-state index in [0.717, 1.165) is 54.7 Å². The Morgan fingerprint density at radius 2 is 2.03 bits per heavy atom. The number of H-pyrrole nitrogens is 1. The van der Waals surface area contributed by atoms with E-state index >= 15 is 0 Å². The zero-order valence-corrected chi connectivity index (χ0v) is 16.3. The molecule has 0 saturated carbocycles. The van der Waals surface area contributed by atoms with Crippen LogP contribution in [0.4, 0.5) is 4.39 Å². The van der Waals surface area contributed by atoms with Crippen molar-refractivity contribution in [2.45, 2.75) is 31.8 Å². The minimum Gasteiger partial charge on any atom is -0.354 e. The molecule has 1 unspecified atom stereocenters. The molecule has 29 heavy (non-hydrogen) atoms. The number of benzene rings is 2. The van der Waals surface area contributed by atoms with Gasteiger partial charge in [0.15, 0.2) is 0 Å². The molecule has 1 atom stereocenters. The summed E-state index contributed by atoms with van der Waals surface area (Å²) in [7, 11) is 0. The van der Waals surface area contributed by atoms with Crippen molar-refractivity contribution < 1.29 is 9.18 Å². The maximum Gasteiger partial charge on any atom is 0.252 e. The molecule has 0 aliphatic carbocycles. The van der Waals surface area contributed by atoms with Crippen molar-refractivity contribution in [2.75, 3.05) is 19.6 Å². The van der Waals surface area contributed by atoms with Gasteiger partial charge in [0.2, 0.25) is 0 Å². The third kappa shape index (κ3) is 3.43. The van der Waals surface area contributed by atoms with E-state index in [9.17, 15) is 9.18 Å². The first-order valence-corrected chi connectivity index (χ1v) is 10.3. The second kappa shape index (κ2) is 7.28. The second-order valence-electron chi connectivity index (χ2n) is 8.19. The lowest BCUT2D eigenvalue weighted by Gasteiger charge is -2.30. The van der Waals surface area contributed by atoms with Gasteiger partial charge in [-0.05, 0) is 54.6 Å². The maximum atomic E-state index is 14.0. The number of halogens is 1. The van der Waals surface area contributed by atoms with Gasteiger partial charge in [-0.15, -0.1) is 0 Å². The molecule has 1 fully saturated rings. The average Bonchev–Trinajstić information content (AvgIpc) is 2.97. The predicted molar refractivity (Wildman–Crippen MR) is 112 cm³/mol. The molecule has 1 saturated heterocycles. The van der Waals surface area contributed by atoms with E-state index in [1.54, 1.807) is 0 Å². The van der Waals surface area contributed by atoms with Crippen LogP contribution in [0, 0.1) is 5.82 Å². The van der Waals surface area contributed by atoms with Crippen LogP contribution in [0.25, 0.3) is 22.2 Å². The quantitative estimate of drug-likeness (QED) is 0.641. The molecule has 3 heterocycles. The number of rotatable bonds is 3. The van der Waals surface area contributed by atoms with Gasteiger partial charge in [0, 0.05) is 42.3 Å². The molecule has 2 aliphatic rings. The van der Waals surface area contributed by atoms with Crippen molar-refractivity contribution in [3.05, 3.63) is 58.9 Å². The lowest BCUT2D eigenvalue weighted by atomic mass is 9.99. The Bertz CT molecular complexity index is 1070. The zero-order valence-electron chi connectivity index (χ0n) is 16.3. The number of aromatic nitrogens is 1. The molecule has 3 aromatic rings. The van der Waals surface area contributed by atoms with E-state index in [2.05, 4.69) is 39.5 Å². The minimum absolute atomic E-state index is 0.214. The lowest BCUT2D eigenvalue weighted by Crippen LogP contribution is -2.42. The molecule has 1 amide bonds. The lowest BCUT2D eigenvalue weighted by molar-refractivity contribution is 0.0957. The molecular formula is C23H25FN4O. The van der Waals surface area contributed by atoms with Crippen LogP contribution in [-0.4, -0.2) is 41.5 Å². The molecule has 6 heteroatoms. The van der Waals surface area contributed by atoms with E-state index in [-0.39, 0.29) is 11.9 Å². The summed E-state index contributed by atoms with van der Waals surface area (Å²) in [5.74, 6) is -0.618. The number of likely N-dealkylation sites (tertiary alicyclic amines) is 1. The monoisotopic (exact) mass is 392 g/mol. The van der Waals surface area contributed by atoms with Crippen LogP contribution in [0.1, 0.15) is 34.3 Å². The molecule has 4 N–H and O–H groups in total. The van der Waals surface area contributed by atoms with Crippen LogP contribution >= 0.6 is 0 Å². The molecule has 2 aromatic carbocycles. The number of carbonyl (C=O) groups excluding carboxylic acids is 1. The Balaban J connectivity index is 1.48. The smallest absolute Gasteiger partial charge is 0.252 e. The van der Waals surface area contributed by atoms with Crippen molar-refractivity contribution >= 4 is 16.8 Å². The number of aromatic amines is 1. The van der Waals surface area contributed by atoms with Crippen molar-refractivity contribution in [2.24, 2.45) is 5.73 Å². The Morgan fingerprint density at radius 3 is 2.83 bits per heavy atom. The number of nitrogens with one attached hydrogen (secondary N) is 2. The summed E-state index contributed by atoms with van der Waals surface area (Å²) < 4.78 is 14.0. The highest BCUT2D eigenvalue weighted by Crippen LogP contribution is 2.34. The first-order valence-electron chi connectivity index (χ1n) is 10.3. The van der Waals surface area contributed by atoms with Crippen LogP contribution < -0.4 is 11.1 Å². The highest BCUT2D eigenvalue weighted by atomic mass is 19.1. The van der Waals surface area contributed by atoms with E-state index in [0.29, 0.717) is 24.0 Å². The summed E-state index contributed by atoms with van der Waals surface area (Å²) in [6, 6.07) is 11.6. The summed E-state index contributed by atoms with van der Waals surface area (Å²) in [5.41, 5.74) is 11.5. The zero-order chi connectivity index (χ0) is 20.0. The third-order valence-electron chi connectivity index (χ3n) is 6.06. The molecule has 0 bridgehead atoms. The van der Waals surface area contributed by atoms with E-state index < -0.39 is 5.82 Å². The fourth-order valence-corrected chi connectivity index (χ4v) is 4.71. The molecular weight excluding hydrogens is 367 g/mol. The van der Waals surface area contributed by atoms with Crippen LogP contribution in [0.3, 0.4) is 0 Å². The van der Waals surface area contributed by atoms with Gasteiger partial charge in [-0.1, -0.05) is 24.3 Å². The predicted octanol–water partition coefficient (Wildman–Crippen LogP) is 3.18. The van der Waals surface area contributed by atoms with Gasteiger partial charge in [-0.3, -0.25) is 9.69 Å². The van der Waals surface area contributed by atoms with Crippen LogP contribution in [0.5, 0.6) is 0 Å². The van der Waals surface area contributed by atoms with Crippen LogP contribution in [-0.2, 0) is 13.0 Å². The summed E-state index contributed by atoms with van der Waals surface area (Å²) in [5, 5.41) is 3.70. The largest absolute Gasteiger partial charge is 0.354 e. The highest BCUT2D eigenvalue weighted by molar-refractivity contribution is 6.10. The number of hydrogen-bond donors (Lipinski definition) is 3. The Hall–Kier alpha value is -2.70. The number of hydrogen-bond acceptors (Lipinski definition) is 3. The van der Waals surface area contributed by atoms with Gasteiger partial charge in [0.1, 0.15) is 5.82 Å². The van der Waals surface area contributed by atoms with Crippen LogP contribution in [0.15, 0.2) is 36.4 Å². The second-order valence-corrected chi connectivity index (χ2v) is 8.19. The van der Waals surface area contributed by atoms with Crippen molar-refractivity contribution in [1.29, 1.82) is 0 Å². The minimum atomic E-state index is -0.404. The van der Waals surface area contributed by atoms with Gasteiger partial charge in [0.05, 0.1) is 5.56 Å². The number of amides is 1. The molecule has 0 radical (unpaired) electrons. The Kier molecular flexibility index (Phi) is 4.60. The molecule has 2 aliphatic heterocycles. The van der Waals surface area contributed by atoms with Crippen molar-refractivity contribution in [3.8, 4) is 11.3 Å². The van der Waals surface area contributed by atoms with Crippen LogP contribution in [0.2, 0.25) is 0 Å². The molecule has 5 rings (SSSR count). The molecule has 150 valence electrons.